The predicted octanol–water partition coefficient (Wildman–Crippen LogP) is 3.84. The molecule has 1 aliphatic rings. The van der Waals surface area contributed by atoms with Gasteiger partial charge in [-0.25, -0.2) is 9.48 Å². The molecule has 0 radical (unpaired) electrons. The first-order chi connectivity index (χ1) is 11.8. The van der Waals surface area contributed by atoms with Crippen molar-refractivity contribution in [3.63, 3.8) is 0 Å². The fourth-order valence-corrected chi connectivity index (χ4v) is 3.30. The Morgan fingerprint density at radius 1 is 1.24 bits per heavy atom. The van der Waals surface area contributed by atoms with Gasteiger partial charge in [-0.15, -0.1) is 0 Å². The van der Waals surface area contributed by atoms with Crippen LogP contribution in [0.25, 0.3) is 16.5 Å². The molecule has 0 fully saturated rings. The zero-order valence-electron chi connectivity index (χ0n) is 12.3. The maximum absolute atomic E-state index is 13.5. The van der Waals surface area contributed by atoms with Gasteiger partial charge in [-0.1, -0.05) is 30.4 Å². The van der Waals surface area contributed by atoms with E-state index in [0.29, 0.717) is 37.9 Å². The molecule has 2 N–H and O–H groups in total. The Hall–Kier alpha value is -2.94. The average Bonchev–Trinajstić information content (AvgIpc) is 3.11. The first kappa shape index (κ1) is 15.6. The lowest BCUT2D eigenvalue weighted by Crippen LogP contribution is -2.17. The van der Waals surface area contributed by atoms with Crippen molar-refractivity contribution in [1.82, 2.24) is 9.78 Å². The molecule has 2 heterocycles. The van der Waals surface area contributed by atoms with E-state index in [2.05, 4.69) is 10.4 Å². The van der Waals surface area contributed by atoms with Crippen LogP contribution in [0, 0.1) is 0 Å². The highest BCUT2D eigenvalue weighted by molar-refractivity contribution is 7.81. The number of hydrogen-bond acceptors (Lipinski definition) is 3. The van der Waals surface area contributed by atoms with Gasteiger partial charge in [0.25, 0.3) is 0 Å². The van der Waals surface area contributed by atoms with Gasteiger partial charge in [-0.3, -0.25) is 0 Å². The number of hydrogen-bond donors (Lipinski definition) is 2. The molecule has 0 unspecified atom stereocenters. The molecule has 2 aromatic carbocycles. The molecule has 3 aromatic rings. The summed E-state index contributed by atoms with van der Waals surface area (Å²) in [7, 11) is 0. The molecule has 9 heteroatoms. The number of carbonyl (C=O) groups is 1. The summed E-state index contributed by atoms with van der Waals surface area (Å²) < 4.78 is 41.0. The number of aromatic nitrogens is 2. The number of benzene rings is 2. The SMILES string of the molecule is O=C(O)c1cnn(-c2ccc3c4c(cccc24)C(=S)N3)c1C(F)(F)F. The Labute approximate surface area is 143 Å². The van der Waals surface area contributed by atoms with Gasteiger partial charge in [0.1, 0.15) is 10.6 Å². The van der Waals surface area contributed by atoms with Gasteiger partial charge in [-0.05, 0) is 12.1 Å². The summed E-state index contributed by atoms with van der Waals surface area (Å²) in [4.78, 5) is 11.6. The molecule has 1 aromatic heterocycles. The molecule has 0 saturated heterocycles. The highest BCUT2D eigenvalue weighted by Gasteiger charge is 2.41. The predicted molar refractivity (Wildman–Crippen MR) is 88.4 cm³/mol. The maximum Gasteiger partial charge on any atom is 0.434 e. The van der Waals surface area contributed by atoms with Crippen molar-refractivity contribution in [3.8, 4) is 5.69 Å². The molecule has 0 aliphatic carbocycles. The van der Waals surface area contributed by atoms with E-state index in [1.54, 1.807) is 24.3 Å². The van der Waals surface area contributed by atoms with Crippen LogP contribution in [0.4, 0.5) is 18.9 Å². The summed E-state index contributed by atoms with van der Waals surface area (Å²) in [6.45, 7) is 0. The number of thiocarbonyl (C=S) groups is 1. The van der Waals surface area contributed by atoms with Crippen LogP contribution in [0.15, 0.2) is 36.5 Å². The lowest BCUT2D eigenvalue weighted by Gasteiger charge is -2.14. The zero-order valence-corrected chi connectivity index (χ0v) is 13.1. The maximum atomic E-state index is 13.5. The molecule has 4 rings (SSSR count). The molecule has 0 spiro atoms. The number of aromatic carboxylic acids is 1. The van der Waals surface area contributed by atoms with Crippen molar-refractivity contribution < 1.29 is 23.1 Å². The van der Waals surface area contributed by atoms with Crippen LogP contribution in [-0.2, 0) is 6.18 Å². The van der Waals surface area contributed by atoms with Crippen LogP contribution in [0.1, 0.15) is 21.6 Å². The molecule has 126 valence electrons. The fraction of sp³-hybridized carbons (Fsp3) is 0.0625. The van der Waals surface area contributed by atoms with E-state index < -0.39 is 23.4 Å². The van der Waals surface area contributed by atoms with Crippen LogP contribution in [0.3, 0.4) is 0 Å². The molecule has 0 saturated carbocycles. The van der Waals surface area contributed by atoms with Gasteiger partial charge in [0, 0.05) is 22.0 Å². The van der Waals surface area contributed by atoms with Crippen molar-refractivity contribution in [2.75, 3.05) is 5.32 Å². The van der Waals surface area contributed by atoms with Crippen LogP contribution in [-0.4, -0.2) is 25.8 Å². The third-order valence-corrected chi connectivity index (χ3v) is 4.33. The Balaban J connectivity index is 2.07. The van der Waals surface area contributed by atoms with Gasteiger partial charge >= 0.3 is 12.1 Å². The number of carboxylic acids is 1. The summed E-state index contributed by atoms with van der Waals surface area (Å²) >= 11 is 5.23. The molecule has 0 atom stereocenters. The Kier molecular flexibility index (Phi) is 3.13. The molecule has 5 nitrogen and oxygen atoms in total. The average molecular weight is 363 g/mol. The second kappa shape index (κ2) is 5.03. The summed E-state index contributed by atoms with van der Waals surface area (Å²) in [5.74, 6) is -1.69. The monoisotopic (exact) mass is 363 g/mol. The largest absolute Gasteiger partial charge is 0.478 e. The van der Waals surface area contributed by atoms with Gasteiger partial charge < -0.3 is 10.4 Å². The third kappa shape index (κ3) is 2.19. The van der Waals surface area contributed by atoms with Crippen molar-refractivity contribution in [3.05, 3.63) is 53.3 Å². The Morgan fingerprint density at radius 3 is 2.68 bits per heavy atom. The number of anilines is 1. The quantitative estimate of drug-likeness (QED) is 0.677. The van der Waals surface area contributed by atoms with E-state index in [-0.39, 0.29) is 5.69 Å². The standard InChI is InChI=1S/C16H8F3N3O2S/c17-16(18,19)13-9(15(23)24)6-20-22(13)11-5-4-10-12-7(11)2-1-3-8(12)14(25)21-10/h1-6H,(H,21,25)(H,23,24). The van der Waals surface area contributed by atoms with E-state index in [0.717, 1.165) is 0 Å². The topological polar surface area (TPSA) is 67.1 Å². The minimum atomic E-state index is -4.87. The molecule has 0 bridgehead atoms. The van der Waals surface area contributed by atoms with E-state index >= 15 is 0 Å². The first-order valence-electron chi connectivity index (χ1n) is 7.05. The van der Waals surface area contributed by atoms with Crippen LogP contribution >= 0.6 is 12.2 Å². The lowest BCUT2D eigenvalue weighted by atomic mass is 10.0. The van der Waals surface area contributed by atoms with Gasteiger partial charge in [-0.2, -0.15) is 18.3 Å². The Morgan fingerprint density at radius 2 is 2.00 bits per heavy atom. The summed E-state index contributed by atoms with van der Waals surface area (Å²) in [6, 6.07) is 8.15. The minimum absolute atomic E-state index is 0.131. The highest BCUT2D eigenvalue weighted by Crippen LogP contribution is 2.39. The normalized spacial score (nSPS) is 13.3. The summed E-state index contributed by atoms with van der Waals surface area (Å²) in [6.07, 6.45) is -4.17. The van der Waals surface area contributed by atoms with E-state index in [1.165, 1.54) is 6.07 Å². The lowest BCUT2D eigenvalue weighted by molar-refractivity contribution is -0.143. The van der Waals surface area contributed by atoms with Crippen molar-refractivity contribution in [1.29, 1.82) is 0 Å². The van der Waals surface area contributed by atoms with Crippen molar-refractivity contribution in [2.45, 2.75) is 6.18 Å². The highest BCUT2D eigenvalue weighted by atomic mass is 32.1. The second-order valence-corrected chi connectivity index (χ2v) is 5.84. The first-order valence-corrected chi connectivity index (χ1v) is 7.46. The molecular formula is C16H8F3N3O2S. The smallest absolute Gasteiger partial charge is 0.434 e. The molecule has 25 heavy (non-hydrogen) atoms. The van der Waals surface area contributed by atoms with E-state index in [1.807, 2.05) is 0 Å². The van der Waals surface area contributed by atoms with E-state index in [9.17, 15) is 18.0 Å². The number of halogens is 3. The number of carboxylic acid groups (broad SMARTS) is 1. The van der Waals surface area contributed by atoms with Crippen LogP contribution in [0.2, 0.25) is 0 Å². The van der Waals surface area contributed by atoms with Crippen molar-refractivity contribution in [2.24, 2.45) is 0 Å². The molecule has 1 aliphatic heterocycles. The summed E-state index contributed by atoms with van der Waals surface area (Å²) in [5.41, 5.74) is -0.687. The number of nitrogens with one attached hydrogen (secondary N) is 1. The van der Waals surface area contributed by atoms with Crippen LogP contribution < -0.4 is 5.32 Å². The molecule has 0 amide bonds. The third-order valence-electron chi connectivity index (χ3n) is 4.01. The van der Waals surface area contributed by atoms with E-state index in [4.69, 9.17) is 17.3 Å². The van der Waals surface area contributed by atoms with Crippen LogP contribution in [0.5, 0.6) is 0 Å². The summed E-state index contributed by atoms with van der Waals surface area (Å²) in [5, 5.41) is 16.9. The Bertz CT molecular complexity index is 1070. The van der Waals surface area contributed by atoms with Crippen molar-refractivity contribution >= 4 is 39.6 Å². The van der Waals surface area contributed by atoms with Gasteiger partial charge in [0.15, 0.2) is 5.69 Å². The van der Waals surface area contributed by atoms with Gasteiger partial charge in [0.2, 0.25) is 0 Å². The number of alkyl halides is 3. The van der Waals surface area contributed by atoms with Gasteiger partial charge in [0.05, 0.1) is 11.9 Å². The number of rotatable bonds is 2. The second-order valence-electron chi connectivity index (χ2n) is 5.44. The number of nitrogens with zero attached hydrogens (tertiary/aromatic N) is 2. The molecular weight excluding hydrogens is 355 g/mol. The fourth-order valence-electron chi connectivity index (χ4n) is 3.02. The minimum Gasteiger partial charge on any atom is -0.478 e. The zero-order chi connectivity index (χ0) is 17.9.